The molecule has 0 radical (unpaired) electrons. The fourth-order valence-electron chi connectivity index (χ4n) is 1.37. The molecule has 0 aliphatic carbocycles. The normalized spacial score (nSPS) is 11.5. The zero-order chi connectivity index (χ0) is 13.7. The Balaban J connectivity index is 2.07. The largest absolute Gasteiger partial charge is 0.507 e. The Labute approximate surface area is 128 Å². The first kappa shape index (κ1) is 14.0. The molecule has 0 atom stereocenters. The van der Waals surface area contributed by atoms with E-state index >= 15 is 0 Å². The highest BCUT2D eigenvalue weighted by molar-refractivity contribution is 9.10. The lowest BCUT2D eigenvalue weighted by Crippen LogP contribution is -1.83. The van der Waals surface area contributed by atoms with E-state index in [0.717, 1.165) is 14.5 Å². The highest BCUT2D eigenvalue weighted by atomic mass is 79.9. The lowest BCUT2D eigenvalue weighted by Gasteiger charge is -1.97. The molecule has 0 spiro atoms. The minimum Gasteiger partial charge on any atom is -0.507 e. The van der Waals surface area contributed by atoms with Crippen LogP contribution < -0.4 is 0 Å². The number of phenols is 1. The number of nitrogens with zero attached hydrogens (tertiary/aromatic N) is 2. The fourth-order valence-corrected chi connectivity index (χ4v) is 2.02. The maximum absolute atomic E-state index is 9.61. The SMILES string of the molecule is Oc1ccc(Br)cc1/C=N\N=C/c1ccc(Br)cc1. The van der Waals surface area contributed by atoms with Crippen molar-refractivity contribution in [2.45, 2.75) is 0 Å². The molecule has 0 aliphatic heterocycles. The van der Waals surface area contributed by atoms with Crippen molar-refractivity contribution in [3.63, 3.8) is 0 Å². The van der Waals surface area contributed by atoms with Gasteiger partial charge < -0.3 is 5.11 Å². The standard InChI is InChI=1S/C14H10Br2N2O/c15-12-3-1-10(2-4-12)8-17-18-9-11-7-13(16)5-6-14(11)19/h1-9,19H/b17-8-,18-9-. The molecule has 5 heteroatoms. The summed E-state index contributed by atoms with van der Waals surface area (Å²) in [5.74, 6) is 0.172. The van der Waals surface area contributed by atoms with Crippen molar-refractivity contribution in [2.24, 2.45) is 10.2 Å². The van der Waals surface area contributed by atoms with Gasteiger partial charge in [0.05, 0.1) is 12.4 Å². The molecule has 1 N–H and O–H groups in total. The molecule has 19 heavy (non-hydrogen) atoms. The van der Waals surface area contributed by atoms with Crippen molar-refractivity contribution in [3.05, 3.63) is 62.5 Å². The highest BCUT2D eigenvalue weighted by Gasteiger charge is 1.97. The monoisotopic (exact) mass is 380 g/mol. The van der Waals surface area contributed by atoms with E-state index in [4.69, 9.17) is 0 Å². The van der Waals surface area contributed by atoms with Crippen LogP contribution in [0.15, 0.2) is 61.6 Å². The van der Waals surface area contributed by atoms with Gasteiger partial charge in [0, 0.05) is 14.5 Å². The third-order valence-electron chi connectivity index (χ3n) is 2.33. The van der Waals surface area contributed by atoms with E-state index in [1.807, 2.05) is 24.3 Å². The Hall–Kier alpha value is -1.46. The first-order valence-corrected chi connectivity index (χ1v) is 7.04. The predicted octanol–water partition coefficient (Wildman–Crippen LogP) is 4.37. The van der Waals surface area contributed by atoms with Crippen molar-refractivity contribution in [2.75, 3.05) is 0 Å². The number of hydrogen-bond acceptors (Lipinski definition) is 3. The van der Waals surface area contributed by atoms with Crippen LogP contribution in [0.5, 0.6) is 5.75 Å². The van der Waals surface area contributed by atoms with Crippen LogP contribution in [0, 0.1) is 0 Å². The van der Waals surface area contributed by atoms with Gasteiger partial charge in [-0.15, -0.1) is 0 Å². The van der Waals surface area contributed by atoms with Gasteiger partial charge in [-0.25, -0.2) is 0 Å². The Morgan fingerprint density at radius 2 is 1.47 bits per heavy atom. The summed E-state index contributed by atoms with van der Waals surface area (Å²) in [7, 11) is 0. The molecule has 0 amide bonds. The summed E-state index contributed by atoms with van der Waals surface area (Å²) in [6.45, 7) is 0. The topological polar surface area (TPSA) is 45.0 Å². The third-order valence-corrected chi connectivity index (χ3v) is 3.35. The molecular formula is C14H10Br2N2O. The summed E-state index contributed by atoms with van der Waals surface area (Å²) in [5, 5.41) is 17.5. The van der Waals surface area contributed by atoms with Crippen LogP contribution in [-0.4, -0.2) is 17.5 Å². The van der Waals surface area contributed by atoms with Gasteiger partial charge in [-0.1, -0.05) is 44.0 Å². The van der Waals surface area contributed by atoms with Crippen LogP contribution in [0.2, 0.25) is 0 Å². The lowest BCUT2D eigenvalue weighted by atomic mass is 10.2. The molecule has 0 saturated heterocycles. The van der Waals surface area contributed by atoms with E-state index in [-0.39, 0.29) is 5.75 Å². The summed E-state index contributed by atoms with van der Waals surface area (Å²) in [6, 6.07) is 12.9. The molecule has 0 aliphatic rings. The summed E-state index contributed by atoms with van der Waals surface area (Å²) in [6.07, 6.45) is 3.16. The molecule has 2 rings (SSSR count). The predicted molar refractivity (Wildman–Crippen MR) is 85.1 cm³/mol. The number of rotatable bonds is 3. The number of halogens is 2. The average Bonchev–Trinajstić information content (AvgIpc) is 2.40. The third kappa shape index (κ3) is 4.29. The fraction of sp³-hybridized carbons (Fsp3) is 0. The van der Waals surface area contributed by atoms with Gasteiger partial charge in [0.1, 0.15) is 5.75 Å². The van der Waals surface area contributed by atoms with Gasteiger partial charge in [-0.2, -0.15) is 10.2 Å². The number of hydrogen-bond donors (Lipinski definition) is 1. The van der Waals surface area contributed by atoms with Crippen LogP contribution in [0.25, 0.3) is 0 Å². The molecule has 2 aromatic rings. The van der Waals surface area contributed by atoms with Crippen LogP contribution >= 0.6 is 31.9 Å². The molecule has 0 fully saturated rings. The van der Waals surface area contributed by atoms with Crippen molar-refractivity contribution < 1.29 is 5.11 Å². The maximum atomic E-state index is 9.61. The summed E-state index contributed by atoms with van der Waals surface area (Å²) >= 11 is 6.70. The molecule has 2 aromatic carbocycles. The molecule has 3 nitrogen and oxygen atoms in total. The Morgan fingerprint density at radius 3 is 2.21 bits per heavy atom. The molecule has 0 aromatic heterocycles. The molecule has 0 heterocycles. The van der Waals surface area contributed by atoms with Crippen LogP contribution in [-0.2, 0) is 0 Å². The maximum Gasteiger partial charge on any atom is 0.124 e. The van der Waals surface area contributed by atoms with Gasteiger partial charge in [0.15, 0.2) is 0 Å². The smallest absolute Gasteiger partial charge is 0.124 e. The van der Waals surface area contributed by atoms with Crippen molar-refractivity contribution in [1.82, 2.24) is 0 Å². The summed E-state index contributed by atoms with van der Waals surface area (Å²) in [4.78, 5) is 0. The second kappa shape index (κ2) is 6.63. The Morgan fingerprint density at radius 1 is 0.842 bits per heavy atom. The highest BCUT2D eigenvalue weighted by Crippen LogP contribution is 2.20. The van der Waals surface area contributed by atoms with Crippen LogP contribution in [0.3, 0.4) is 0 Å². The number of benzene rings is 2. The van der Waals surface area contributed by atoms with Crippen LogP contribution in [0.1, 0.15) is 11.1 Å². The quantitative estimate of drug-likeness (QED) is 0.622. The van der Waals surface area contributed by atoms with Crippen molar-refractivity contribution >= 4 is 44.3 Å². The van der Waals surface area contributed by atoms with Gasteiger partial charge >= 0.3 is 0 Å². The zero-order valence-corrected chi connectivity index (χ0v) is 13.0. The zero-order valence-electron chi connectivity index (χ0n) is 9.79. The number of aromatic hydroxyl groups is 1. The van der Waals surface area contributed by atoms with Gasteiger partial charge in [-0.3, -0.25) is 0 Å². The van der Waals surface area contributed by atoms with E-state index in [2.05, 4.69) is 42.1 Å². The molecular weight excluding hydrogens is 372 g/mol. The van der Waals surface area contributed by atoms with E-state index in [1.54, 1.807) is 24.4 Å². The van der Waals surface area contributed by atoms with E-state index in [9.17, 15) is 5.11 Å². The van der Waals surface area contributed by atoms with E-state index in [1.165, 1.54) is 6.21 Å². The molecule has 96 valence electrons. The summed E-state index contributed by atoms with van der Waals surface area (Å²) in [5.41, 5.74) is 1.57. The van der Waals surface area contributed by atoms with Crippen LogP contribution in [0.4, 0.5) is 0 Å². The second-order valence-electron chi connectivity index (χ2n) is 3.74. The van der Waals surface area contributed by atoms with Crippen molar-refractivity contribution in [1.29, 1.82) is 0 Å². The van der Waals surface area contributed by atoms with E-state index in [0.29, 0.717) is 5.56 Å². The minimum absolute atomic E-state index is 0.172. The lowest BCUT2D eigenvalue weighted by molar-refractivity contribution is 0.474. The second-order valence-corrected chi connectivity index (χ2v) is 5.58. The van der Waals surface area contributed by atoms with Gasteiger partial charge in [-0.05, 0) is 35.9 Å². The van der Waals surface area contributed by atoms with Gasteiger partial charge in [0.2, 0.25) is 0 Å². The van der Waals surface area contributed by atoms with E-state index < -0.39 is 0 Å². The molecule has 0 bridgehead atoms. The minimum atomic E-state index is 0.172. The average molecular weight is 382 g/mol. The first-order chi connectivity index (χ1) is 9.15. The summed E-state index contributed by atoms with van der Waals surface area (Å²) < 4.78 is 1.90. The molecule has 0 saturated carbocycles. The van der Waals surface area contributed by atoms with Crippen molar-refractivity contribution in [3.8, 4) is 5.75 Å². The molecule has 0 unspecified atom stereocenters. The number of phenolic OH excluding ortho intramolecular Hbond substituents is 1. The Bertz CT molecular complexity index is 622. The Kier molecular flexibility index (Phi) is 4.87. The first-order valence-electron chi connectivity index (χ1n) is 5.45. The van der Waals surface area contributed by atoms with Gasteiger partial charge in [0.25, 0.3) is 0 Å².